The summed E-state index contributed by atoms with van der Waals surface area (Å²) in [5.41, 5.74) is 0. The minimum Gasteiger partial charge on any atom is -0.462 e. The zero-order valence-corrected chi connectivity index (χ0v) is 10.1. The summed E-state index contributed by atoms with van der Waals surface area (Å²) >= 11 is 0. The maximum atomic E-state index is 11.6. The summed E-state index contributed by atoms with van der Waals surface area (Å²) in [6.07, 6.45) is 2.68. The van der Waals surface area contributed by atoms with Gasteiger partial charge in [-0.2, -0.15) is 0 Å². The molecule has 0 aromatic rings. The summed E-state index contributed by atoms with van der Waals surface area (Å²) in [5.74, 6) is 0.444. The van der Waals surface area contributed by atoms with E-state index in [9.17, 15) is 4.79 Å². The first-order chi connectivity index (χ1) is 7.63. The van der Waals surface area contributed by atoms with Gasteiger partial charge < -0.3 is 14.8 Å². The molecular formula is C12H21NO3. The lowest BCUT2D eigenvalue weighted by Crippen LogP contribution is -2.44. The Balaban J connectivity index is 1.72. The monoisotopic (exact) mass is 227 g/mol. The minimum absolute atomic E-state index is 0.0437. The van der Waals surface area contributed by atoms with Crippen molar-refractivity contribution in [3.8, 4) is 0 Å². The Morgan fingerprint density at radius 1 is 1.31 bits per heavy atom. The Hall–Kier alpha value is -0.610. The molecule has 2 rings (SSSR count). The minimum atomic E-state index is -0.0437. The van der Waals surface area contributed by atoms with E-state index in [1.807, 2.05) is 13.8 Å². The second kappa shape index (κ2) is 5.15. The Labute approximate surface area is 96.7 Å². The smallest absolute Gasteiger partial charge is 0.306 e. The molecule has 92 valence electrons. The first kappa shape index (κ1) is 11.9. The first-order valence-electron chi connectivity index (χ1n) is 6.19. The zero-order valence-electron chi connectivity index (χ0n) is 10.1. The van der Waals surface area contributed by atoms with Gasteiger partial charge in [-0.3, -0.25) is 4.79 Å². The SMILES string of the molecule is CC1CC(OC(=O)CC2CNC2)CC(C)O1. The quantitative estimate of drug-likeness (QED) is 0.733. The van der Waals surface area contributed by atoms with Gasteiger partial charge in [0, 0.05) is 12.8 Å². The van der Waals surface area contributed by atoms with Crippen LogP contribution in [-0.4, -0.2) is 37.4 Å². The number of carbonyl (C=O) groups is 1. The number of rotatable bonds is 3. The van der Waals surface area contributed by atoms with Crippen LogP contribution >= 0.6 is 0 Å². The molecule has 2 atom stereocenters. The van der Waals surface area contributed by atoms with Gasteiger partial charge in [-0.15, -0.1) is 0 Å². The summed E-state index contributed by atoms with van der Waals surface area (Å²) in [6, 6.07) is 0. The van der Waals surface area contributed by atoms with Crippen LogP contribution < -0.4 is 5.32 Å². The number of carbonyl (C=O) groups excluding carboxylic acids is 1. The fourth-order valence-corrected chi connectivity index (χ4v) is 2.40. The Morgan fingerprint density at radius 3 is 2.44 bits per heavy atom. The number of hydrogen-bond acceptors (Lipinski definition) is 4. The van der Waals surface area contributed by atoms with Crippen LogP contribution in [0.5, 0.6) is 0 Å². The van der Waals surface area contributed by atoms with Crippen LogP contribution in [0.3, 0.4) is 0 Å². The van der Waals surface area contributed by atoms with E-state index in [1.165, 1.54) is 0 Å². The highest BCUT2D eigenvalue weighted by molar-refractivity contribution is 5.70. The van der Waals surface area contributed by atoms with E-state index in [0.717, 1.165) is 25.9 Å². The molecule has 0 spiro atoms. The molecule has 16 heavy (non-hydrogen) atoms. The number of hydrogen-bond donors (Lipinski definition) is 1. The van der Waals surface area contributed by atoms with E-state index in [-0.39, 0.29) is 24.3 Å². The third kappa shape index (κ3) is 3.19. The maximum Gasteiger partial charge on any atom is 0.306 e. The van der Waals surface area contributed by atoms with Gasteiger partial charge in [-0.25, -0.2) is 0 Å². The van der Waals surface area contributed by atoms with Crippen LogP contribution in [0.4, 0.5) is 0 Å². The first-order valence-corrected chi connectivity index (χ1v) is 6.19. The van der Waals surface area contributed by atoms with E-state index in [1.54, 1.807) is 0 Å². The fourth-order valence-electron chi connectivity index (χ4n) is 2.40. The largest absolute Gasteiger partial charge is 0.462 e. The lowest BCUT2D eigenvalue weighted by Gasteiger charge is -2.32. The second-order valence-electron chi connectivity index (χ2n) is 5.07. The normalized spacial score (nSPS) is 35.5. The van der Waals surface area contributed by atoms with Crippen molar-refractivity contribution < 1.29 is 14.3 Å². The van der Waals surface area contributed by atoms with Gasteiger partial charge in [-0.1, -0.05) is 0 Å². The molecule has 4 heteroatoms. The maximum absolute atomic E-state index is 11.6. The summed E-state index contributed by atoms with van der Waals surface area (Å²) in [7, 11) is 0. The van der Waals surface area contributed by atoms with E-state index in [2.05, 4.69) is 5.32 Å². The van der Waals surface area contributed by atoms with Gasteiger partial charge in [0.05, 0.1) is 18.6 Å². The van der Waals surface area contributed by atoms with Gasteiger partial charge in [0.15, 0.2) is 0 Å². The molecule has 4 nitrogen and oxygen atoms in total. The van der Waals surface area contributed by atoms with Gasteiger partial charge in [0.25, 0.3) is 0 Å². The number of esters is 1. The van der Waals surface area contributed by atoms with Gasteiger partial charge >= 0.3 is 5.97 Å². The van der Waals surface area contributed by atoms with Crippen LogP contribution in [0.2, 0.25) is 0 Å². The topological polar surface area (TPSA) is 47.6 Å². The molecular weight excluding hydrogens is 206 g/mol. The van der Waals surface area contributed by atoms with E-state index >= 15 is 0 Å². The third-order valence-electron chi connectivity index (χ3n) is 3.27. The van der Waals surface area contributed by atoms with Crippen molar-refractivity contribution in [2.75, 3.05) is 13.1 Å². The summed E-state index contributed by atoms with van der Waals surface area (Å²) in [4.78, 5) is 11.6. The Bertz CT molecular complexity index is 243. The molecule has 2 heterocycles. The molecule has 0 aromatic heterocycles. The molecule has 0 aromatic carbocycles. The lowest BCUT2D eigenvalue weighted by atomic mass is 9.99. The van der Waals surface area contributed by atoms with Crippen molar-refractivity contribution in [1.29, 1.82) is 0 Å². The molecule has 2 aliphatic rings. The van der Waals surface area contributed by atoms with Crippen molar-refractivity contribution in [3.05, 3.63) is 0 Å². The second-order valence-corrected chi connectivity index (χ2v) is 5.07. The van der Waals surface area contributed by atoms with Crippen LogP contribution in [0, 0.1) is 5.92 Å². The molecule has 1 N–H and O–H groups in total. The summed E-state index contributed by atoms with van der Waals surface area (Å²) in [6.45, 7) is 5.98. The van der Waals surface area contributed by atoms with Crippen LogP contribution in [-0.2, 0) is 14.3 Å². The Kier molecular flexibility index (Phi) is 3.82. The molecule has 0 bridgehead atoms. The zero-order chi connectivity index (χ0) is 11.5. The molecule has 0 saturated carbocycles. The predicted molar refractivity (Wildman–Crippen MR) is 60.1 cm³/mol. The molecule has 2 saturated heterocycles. The lowest BCUT2D eigenvalue weighted by molar-refractivity contribution is -0.161. The summed E-state index contributed by atoms with van der Waals surface area (Å²) < 4.78 is 11.1. The molecule has 2 unspecified atom stereocenters. The van der Waals surface area contributed by atoms with E-state index in [4.69, 9.17) is 9.47 Å². The molecule has 2 aliphatic heterocycles. The van der Waals surface area contributed by atoms with Crippen molar-refractivity contribution in [2.45, 2.75) is 51.4 Å². The van der Waals surface area contributed by atoms with Gasteiger partial charge in [0.2, 0.25) is 0 Å². The predicted octanol–water partition coefficient (Wildman–Crippen LogP) is 1.10. The molecule has 0 amide bonds. The molecule has 2 fully saturated rings. The standard InChI is InChI=1S/C12H21NO3/c1-8-3-11(4-9(2)15-8)16-12(14)5-10-6-13-7-10/h8-11,13H,3-7H2,1-2H3. The number of nitrogens with one attached hydrogen (secondary N) is 1. The van der Waals surface area contributed by atoms with Crippen molar-refractivity contribution in [1.82, 2.24) is 5.32 Å². The van der Waals surface area contributed by atoms with Crippen LogP contribution in [0.25, 0.3) is 0 Å². The average Bonchev–Trinajstić information content (AvgIpc) is 2.09. The van der Waals surface area contributed by atoms with Crippen LogP contribution in [0.15, 0.2) is 0 Å². The highest BCUT2D eigenvalue weighted by Crippen LogP contribution is 2.22. The van der Waals surface area contributed by atoms with Crippen molar-refractivity contribution in [3.63, 3.8) is 0 Å². The van der Waals surface area contributed by atoms with Crippen LogP contribution in [0.1, 0.15) is 33.1 Å². The van der Waals surface area contributed by atoms with Crippen molar-refractivity contribution in [2.24, 2.45) is 5.92 Å². The molecule has 0 radical (unpaired) electrons. The fraction of sp³-hybridized carbons (Fsp3) is 0.917. The Morgan fingerprint density at radius 2 is 1.94 bits per heavy atom. The van der Waals surface area contributed by atoms with Gasteiger partial charge in [-0.05, 0) is 32.9 Å². The van der Waals surface area contributed by atoms with E-state index in [0.29, 0.717) is 12.3 Å². The average molecular weight is 227 g/mol. The summed E-state index contributed by atoms with van der Waals surface area (Å²) in [5, 5.41) is 3.16. The highest BCUT2D eigenvalue weighted by atomic mass is 16.6. The molecule has 0 aliphatic carbocycles. The van der Waals surface area contributed by atoms with E-state index < -0.39 is 0 Å². The number of ether oxygens (including phenoxy) is 2. The van der Waals surface area contributed by atoms with Crippen molar-refractivity contribution >= 4 is 5.97 Å². The van der Waals surface area contributed by atoms with Gasteiger partial charge in [0.1, 0.15) is 6.10 Å². The highest BCUT2D eigenvalue weighted by Gasteiger charge is 2.28. The third-order valence-corrected chi connectivity index (χ3v) is 3.27.